The molecule has 0 radical (unpaired) electrons. The maximum Gasteiger partial charge on any atom is 0.254 e. The van der Waals surface area contributed by atoms with Gasteiger partial charge in [0.1, 0.15) is 12.3 Å². The fraction of sp³-hybridized carbons (Fsp3) is 0.478. The molecular weight excluding hydrogens is 368 g/mol. The molecule has 1 aliphatic carbocycles. The summed E-state index contributed by atoms with van der Waals surface area (Å²) < 4.78 is 11.2. The number of aryl methyl sites for hydroxylation is 1. The van der Waals surface area contributed by atoms with Crippen molar-refractivity contribution in [1.82, 2.24) is 9.80 Å². The highest BCUT2D eigenvalue weighted by atomic mass is 16.5. The number of amides is 2. The molecule has 2 fully saturated rings. The molecule has 0 N–H and O–H groups in total. The Balaban J connectivity index is 1.47. The smallest absolute Gasteiger partial charge is 0.254 e. The van der Waals surface area contributed by atoms with Gasteiger partial charge in [0, 0.05) is 24.8 Å². The zero-order valence-corrected chi connectivity index (χ0v) is 16.9. The second-order valence-corrected chi connectivity index (χ2v) is 8.02. The monoisotopic (exact) mass is 396 g/mol. The summed E-state index contributed by atoms with van der Waals surface area (Å²) in [4.78, 5) is 29.8. The average Bonchev–Trinajstić information content (AvgIpc) is 3.18. The first-order chi connectivity index (χ1) is 14.1. The second-order valence-electron chi connectivity index (χ2n) is 8.02. The zero-order chi connectivity index (χ0) is 20.2. The number of rotatable bonds is 8. The Morgan fingerprint density at radius 3 is 2.52 bits per heavy atom. The Morgan fingerprint density at radius 1 is 1.10 bits per heavy atom. The number of carbonyl (C=O) groups is 2. The third-order valence-corrected chi connectivity index (χ3v) is 5.58. The van der Waals surface area contributed by atoms with E-state index in [9.17, 15) is 9.59 Å². The van der Waals surface area contributed by atoms with E-state index in [1.807, 2.05) is 43.3 Å². The van der Waals surface area contributed by atoms with E-state index in [4.69, 9.17) is 9.15 Å². The van der Waals surface area contributed by atoms with Crippen molar-refractivity contribution in [2.45, 2.75) is 51.3 Å². The van der Waals surface area contributed by atoms with Crippen LogP contribution in [0.1, 0.15) is 47.4 Å². The predicted molar refractivity (Wildman–Crippen MR) is 108 cm³/mol. The summed E-state index contributed by atoms with van der Waals surface area (Å²) in [5.41, 5.74) is 1.74. The Bertz CT molecular complexity index is 821. The maximum atomic E-state index is 13.2. The van der Waals surface area contributed by atoms with Crippen LogP contribution in [0.2, 0.25) is 0 Å². The van der Waals surface area contributed by atoms with Crippen LogP contribution in [0.4, 0.5) is 0 Å². The van der Waals surface area contributed by atoms with E-state index in [-0.39, 0.29) is 30.5 Å². The van der Waals surface area contributed by atoms with Gasteiger partial charge in [0.15, 0.2) is 0 Å². The number of nitrogens with zero attached hydrogens (tertiary/aromatic N) is 2. The number of furan rings is 1. The zero-order valence-electron chi connectivity index (χ0n) is 16.9. The van der Waals surface area contributed by atoms with Crippen molar-refractivity contribution in [1.29, 1.82) is 0 Å². The van der Waals surface area contributed by atoms with E-state index in [1.54, 1.807) is 16.1 Å². The molecule has 1 saturated carbocycles. The van der Waals surface area contributed by atoms with Gasteiger partial charge in [-0.05, 0) is 56.9 Å². The third kappa shape index (κ3) is 5.07. The molecule has 154 valence electrons. The summed E-state index contributed by atoms with van der Waals surface area (Å²) in [6.45, 7) is 3.74. The highest BCUT2D eigenvalue weighted by Gasteiger charge is 2.35. The number of benzene rings is 1. The van der Waals surface area contributed by atoms with Gasteiger partial charge in [-0.3, -0.25) is 9.59 Å². The van der Waals surface area contributed by atoms with Gasteiger partial charge in [-0.1, -0.05) is 17.7 Å². The van der Waals surface area contributed by atoms with Crippen LogP contribution in [-0.4, -0.2) is 53.5 Å². The van der Waals surface area contributed by atoms with Gasteiger partial charge in [-0.2, -0.15) is 0 Å². The lowest BCUT2D eigenvalue weighted by Gasteiger charge is -2.29. The van der Waals surface area contributed by atoms with Gasteiger partial charge in [0.25, 0.3) is 5.91 Å². The summed E-state index contributed by atoms with van der Waals surface area (Å²) in [5, 5.41) is 0. The lowest BCUT2D eigenvalue weighted by Crippen LogP contribution is -2.45. The molecule has 1 aliphatic heterocycles. The van der Waals surface area contributed by atoms with Crippen LogP contribution < -0.4 is 0 Å². The molecule has 2 heterocycles. The fourth-order valence-electron chi connectivity index (χ4n) is 3.74. The highest BCUT2D eigenvalue weighted by molar-refractivity contribution is 5.97. The van der Waals surface area contributed by atoms with Gasteiger partial charge >= 0.3 is 0 Å². The lowest BCUT2D eigenvalue weighted by molar-refractivity contribution is -0.134. The van der Waals surface area contributed by atoms with E-state index in [1.165, 1.54) is 0 Å². The molecule has 0 bridgehead atoms. The van der Waals surface area contributed by atoms with Gasteiger partial charge in [-0.25, -0.2) is 0 Å². The Kier molecular flexibility index (Phi) is 6.00. The first kappa shape index (κ1) is 19.7. The topological polar surface area (TPSA) is 63.0 Å². The lowest BCUT2D eigenvalue weighted by atomic mass is 10.1. The summed E-state index contributed by atoms with van der Waals surface area (Å²) in [7, 11) is 0. The average molecular weight is 396 g/mol. The van der Waals surface area contributed by atoms with E-state index in [2.05, 4.69) is 0 Å². The van der Waals surface area contributed by atoms with Crippen LogP contribution in [0.25, 0.3) is 0 Å². The van der Waals surface area contributed by atoms with Crippen molar-refractivity contribution in [3.8, 4) is 0 Å². The summed E-state index contributed by atoms with van der Waals surface area (Å²) in [6.07, 6.45) is 5.55. The molecule has 0 unspecified atom stereocenters. The van der Waals surface area contributed by atoms with Crippen molar-refractivity contribution in [2.24, 2.45) is 0 Å². The minimum absolute atomic E-state index is 0.0519. The first-order valence-corrected chi connectivity index (χ1v) is 10.4. The fourth-order valence-corrected chi connectivity index (χ4v) is 3.74. The van der Waals surface area contributed by atoms with Crippen molar-refractivity contribution in [2.75, 3.05) is 19.7 Å². The van der Waals surface area contributed by atoms with Crippen LogP contribution in [0.3, 0.4) is 0 Å². The third-order valence-electron chi connectivity index (χ3n) is 5.58. The molecule has 29 heavy (non-hydrogen) atoms. The number of carbonyl (C=O) groups excluding carboxylic acids is 2. The van der Waals surface area contributed by atoms with Crippen LogP contribution in [0, 0.1) is 6.92 Å². The Labute approximate surface area is 171 Å². The molecule has 0 spiro atoms. The van der Waals surface area contributed by atoms with E-state index >= 15 is 0 Å². The molecule has 4 rings (SSSR count). The molecule has 2 aromatic rings. The largest absolute Gasteiger partial charge is 0.467 e. The Hall–Kier alpha value is -2.60. The molecule has 1 atom stereocenters. The predicted octanol–water partition coefficient (Wildman–Crippen LogP) is 3.40. The van der Waals surface area contributed by atoms with Crippen LogP contribution in [-0.2, 0) is 16.1 Å². The quantitative estimate of drug-likeness (QED) is 0.686. The van der Waals surface area contributed by atoms with E-state index < -0.39 is 0 Å². The molecule has 1 aromatic carbocycles. The Morgan fingerprint density at radius 2 is 1.90 bits per heavy atom. The van der Waals surface area contributed by atoms with Crippen LogP contribution in [0.15, 0.2) is 47.1 Å². The molecule has 1 aromatic heterocycles. The minimum atomic E-state index is -0.0732. The molecule has 1 saturated heterocycles. The normalized spacial score (nSPS) is 18.6. The number of hydrogen-bond donors (Lipinski definition) is 0. The number of ether oxygens (including phenoxy) is 1. The van der Waals surface area contributed by atoms with Crippen molar-refractivity contribution in [3.63, 3.8) is 0 Å². The molecule has 2 aliphatic rings. The summed E-state index contributed by atoms with van der Waals surface area (Å²) in [5.74, 6) is 0.597. The van der Waals surface area contributed by atoms with Gasteiger partial charge < -0.3 is 19.0 Å². The van der Waals surface area contributed by atoms with Crippen LogP contribution in [0.5, 0.6) is 0 Å². The summed E-state index contributed by atoms with van der Waals surface area (Å²) >= 11 is 0. The van der Waals surface area contributed by atoms with Gasteiger partial charge in [-0.15, -0.1) is 0 Å². The summed E-state index contributed by atoms with van der Waals surface area (Å²) in [6, 6.07) is 11.4. The van der Waals surface area contributed by atoms with Gasteiger partial charge in [0.2, 0.25) is 5.91 Å². The highest BCUT2D eigenvalue weighted by Crippen LogP contribution is 2.28. The molecule has 2 amide bonds. The minimum Gasteiger partial charge on any atom is -0.467 e. The first-order valence-electron chi connectivity index (χ1n) is 10.4. The van der Waals surface area contributed by atoms with Gasteiger partial charge in [0.05, 0.1) is 18.9 Å². The molecular formula is C23H28N2O4. The maximum absolute atomic E-state index is 13.2. The second kappa shape index (κ2) is 8.82. The van der Waals surface area contributed by atoms with Crippen molar-refractivity contribution in [3.05, 3.63) is 59.5 Å². The van der Waals surface area contributed by atoms with Crippen LogP contribution >= 0.6 is 0 Å². The van der Waals surface area contributed by atoms with E-state index in [0.717, 1.165) is 43.6 Å². The standard InChI is InChI=1S/C23H28N2O4/c1-17-6-8-18(9-7-17)23(27)25(19-10-11-19)16-22(26)24(14-20-4-2-12-28-20)15-21-5-3-13-29-21/h2,4,6-9,12,19,21H,3,5,10-11,13-16H2,1H3/t21-/m0/s1. The molecule has 6 heteroatoms. The molecule has 6 nitrogen and oxygen atoms in total. The van der Waals surface area contributed by atoms with Crippen molar-refractivity contribution < 1.29 is 18.7 Å². The van der Waals surface area contributed by atoms with Crippen molar-refractivity contribution >= 4 is 11.8 Å². The number of hydrogen-bond acceptors (Lipinski definition) is 4. The van der Waals surface area contributed by atoms with E-state index in [0.29, 0.717) is 18.7 Å². The SMILES string of the molecule is Cc1ccc(C(=O)N(CC(=O)N(Cc2ccco2)C[C@@H]2CCCO2)C2CC2)cc1.